The summed E-state index contributed by atoms with van der Waals surface area (Å²) in [4.78, 5) is 2.26. The Bertz CT molecular complexity index is 1840. The van der Waals surface area contributed by atoms with Crippen molar-refractivity contribution < 1.29 is 4.74 Å². The van der Waals surface area contributed by atoms with Crippen LogP contribution in [0.1, 0.15) is 23.5 Å². The van der Waals surface area contributed by atoms with Gasteiger partial charge in [0.05, 0.1) is 22.1 Å². The van der Waals surface area contributed by atoms with Crippen LogP contribution in [0.15, 0.2) is 134 Å². The third-order valence-corrected chi connectivity index (χ3v) is 7.70. The van der Waals surface area contributed by atoms with Gasteiger partial charge in [-0.1, -0.05) is 78.9 Å². The summed E-state index contributed by atoms with van der Waals surface area (Å²) in [6, 6.07) is 42.5. The van der Waals surface area contributed by atoms with Gasteiger partial charge < -0.3 is 24.8 Å². The Morgan fingerprint density at radius 1 is 0.615 bits per heavy atom. The first-order chi connectivity index (χ1) is 19.3. The maximum atomic E-state index is 6.56. The quantitative estimate of drug-likeness (QED) is 0.255. The first-order valence-corrected chi connectivity index (χ1v) is 13.3. The van der Waals surface area contributed by atoms with Gasteiger partial charge in [-0.15, -0.1) is 0 Å². The third-order valence-electron chi connectivity index (χ3n) is 7.70. The summed E-state index contributed by atoms with van der Waals surface area (Å²) < 4.78 is 8.90. The molecule has 5 aromatic carbocycles. The van der Waals surface area contributed by atoms with Gasteiger partial charge in [0, 0.05) is 34.7 Å². The number of rotatable bonds is 4. The number of para-hydroxylation sites is 2. The van der Waals surface area contributed by atoms with Crippen LogP contribution in [0.25, 0.3) is 27.5 Å². The van der Waals surface area contributed by atoms with Crippen LogP contribution in [0, 0.1) is 0 Å². The first-order valence-electron chi connectivity index (χ1n) is 13.3. The van der Waals surface area contributed by atoms with Crippen molar-refractivity contribution in [3.63, 3.8) is 0 Å². The Kier molecular flexibility index (Phi) is 4.88. The molecule has 2 aliphatic rings. The number of ether oxygens (including phenoxy) is 1. The fraction of sp³-hybridized carbons (Fsp3) is 0.0588. The van der Waals surface area contributed by atoms with E-state index in [2.05, 4.69) is 123 Å². The molecule has 5 nitrogen and oxygen atoms in total. The highest BCUT2D eigenvalue weighted by Gasteiger charge is 2.28. The zero-order valence-electron chi connectivity index (χ0n) is 21.2. The summed E-state index contributed by atoms with van der Waals surface area (Å²) in [7, 11) is 0. The first kappa shape index (κ1) is 21.9. The van der Waals surface area contributed by atoms with Crippen molar-refractivity contribution in [3.8, 4) is 11.4 Å². The van der Waals surface area contributed by atoms with Gasteiger partial charge in [0.25, 0.3) is 0 Å². The Balaban J connectivity index is 1.20. The predicted octanol–water partition coefficient (Wildman–Crippen LogP) is 7.87. The van der Waals surface area contributed by atoms with Crippen LogP contribution in [-0.4, -0.2) is 4.57 Å². The molecule has 2 aliphatic heterocycles. The lowest BCUT2D eigenvalue weighted by Gasteiger charge is -2.26. The van der Waals surface area contributed by atoms with Gasteiger partial charge >= 0.3 is 0 Å². The van der Waals surface area contributed by atoms with Gasteiger partial charge in [-0.3, -0.25) is 0 Å². The number of aromatic nitrogens is 1. The van der Waals surface area contributed by atoms with E-state index in [1.54, 1.807) is 0 Å². The van der Waals surface area contributed by atoms with Crippen molar-refractivity contribution in [3.05, 3.63) is 145 Å². The van der Waals surface area contributed by atoms with E-state index in [4.69, 9.17) is 4.74 Å². The van der Waals surface area contributed by atoms with E-state index in [9.17, 15) is 0 Å². The van der Waals surface area contributed by atoms with E-state index in [1.807, 2.05) is 30.5 Å². The van der Waals surface area contributed by atoms with E-state index in [0.717, 1.165) is 44.8 Å². The average Bonchev–Trinajstić information content (AvgIpc) is 3.74. The molecule has 188 valence electrons. The molecule has 0 amide bonds. The number of hydrogen-bond acceptors (Lipinski definition) is 4. The van der Waals surface area contributed by atoms with E-state index < -0.39 is 0 Å². The Labute approximate surface area is 226 Å². The number of fused-ring (bicyclic) bond motifs is 5. The Hall–Kier alpha value is -5.16. The molecular formula is C34H26N4O. The van der Waals surface area contributed by atoms with Crippen LogP contribution in [0.4, 0.5) is 11.4 Å². The molecule has 6 aromatic rings. The predicted molar refractivity (Wildman–Crippen MR) is 158 cm³/mol. The number of hydrogen-bond donors (Lipinski definition) is 2. The lowest BCUT2D eigenvalue weighted by Crippen LogP contribution is -2.26. The second kappa shape index (κ2) is 8.71. The molecule has 2 unspecified atom stereocenters. The van der Waals surface area contributed by atoms with Gasteiger partial charge in [-0.05, 0) is 48.0 Å². The number of nitrogens with one attached hydrogen (secondary N) is 2. The van der Waals surface area contributed by atoms with Crippen molar-refractivity contribution >= 4 is 33.2 Å². The summed E-state index contributed by atoms with van der Waals surface area (Å²) in [5, 5.41) is 9.38. The van der Waals surface area contributed by atoms with Crippen LogP contribution < -0.4 is 20.3 Å². The van der Waals surface area contributed by atoms with E-state index in [1.165, 1.54) is 10.9 Å². The van der Waals surface area contributed by atoms with Crippen molar-refractivity contribution in [2.75, 3.05) is 10.2 Å². The average molecular weight is 507 g/mol. The van der Waals surface area contributed by atoms with Crippen LogP contribution in [0.2, 0.25) is 0 Å². The van der Waals surface area contributed by atoms with Crippen LogP contribution in [-0.2, 0) is 0 Å². The van der Waals surface area contributed by atoms with Crippen molar-refractivity contribution in [2.24, 2.45) is 0 Å². The number of benzene rings is 5. The minimum Gasteiger partial charge on any atom is -0.464 e. The van der Waals surface area contributed by atoms with Crippen LogP contribution in [0.5, 0.6) is 5.75 Å². The second-order valence-corrected chi connectivity index (χ2v) is 9.96. The highest BCUT2D eigenvalue weighted by Crippen LogP contribution is 2.47. The molecule has 0 bridgehead atoms. The minimum absolute atomic E-state index is 0.0530. The smallest absolute Gasteiger partial charge is 0.196 e. The monoisotopic (exact) mass is 506 g/mol. The fourth-order valence-corrected chi connectivity index (χ4v) is 5.89. The molecule has 1 aromatic heterocycles. The largest absolute Gasteiger partial charge is 0.464 e. The molecule has 8 rings (SSSR count). The minimum atomic E-state index is -0.201. The summed E-state index contributed by atoms with van der Waals surface area (Å²) >= 11 is 0. The molecule has 5 heteroatoms. The zero-order chi connectivity index (χ0) is 25.8. The molecule has 0 fully saturated rings. The van der Waals surface area contributed by atoms with Gasteiger partial charge in [0.2, 0.25) is 0 Å². The molecule has 39 heavy (non-hydrogen) atoms. The van der Waals surface area contributed by atoms with E-state index in [-0.39, 0.29) is 12.4 Å². The van der Waals surface area contributed by atoms with Crippen LogP contribution in [0.3, 0.4) is 0 Å². The second-order valence-electron chi connectivity index (χ2n) is 9.96. The van der Waals surface area contributed by atoms with Crippen molar-refractivity contribution in [1.29, 1.82) is 0 Å². The molecule has 0 saturated heterocycles. The Morgan fingerprint density at radius 2 is 1.36 bits per heavy atom. The van der Waals surface area contributed by atoms with E-state index in [0.29, 0.717) is 0 Å². The van der Waals surface area contributed by atoms with E-state index >= 15 is 0 Å². The number of anilines is 2. The van der Waals surface area contributed by atoms with Crippen molar-refractivity contribution in [1.82, 2.24) is 9.88 Å². The highest BCUT2D eigenvalue weighted by atomic mass is 16.5. The normalized spacial score (nSPS) is 17.7. The molecule has 0 spiro atoms. The fourth-order valence-electron chi connectivity index (χ4n) is 5.89. The zero-order valence-corrected chi connectivity index (χ0v) is 21.2. The molecule has 2 atom stereocenters. The van der Waals surface area contributed by atoms with Gasteiger partial charge in [0.1, 0.15) is 6.17 Å². The SMILES string of the molecule is C1=CN(c2ccccc2)C(c2ccc(-n3c4ccccc4c4c5c(ccc43)NC(c3ccccc3)O5)cc2)N1. The maximum absolute atomic E-state index is 6.56. The van der Waals surface area contributed by atoms with Gasteiger partial charge in [-0.25, -0.2) is 0 Å². The summed E-state index contributed by atoms with van der Waals surface area (Å²) in [6.07, 6.45) is 3.96. The van der Waals surface area contributed by atoms with Gasteiger partial charge in [-0.2, -0.15) is 0 Å². The molecule has 3 heterocycles. The third kappa shape index (κ3) is 3.47. The molecular weight excluding hydrogens is 480 g/mol. The molecule has 0 saturated carbocycles. The standard InChI is InChI=1S/C34H26N4O/c1-3-9-24(10-4-1)34-36-28-19-20-30-31(32(28)39-34)27-13-7-8-14-29(27)38(30)26-17-15-23(16-18-26)33-35-21-22-37(33)25-11-5-2-6-12-25/h1-22,33-36H. The topological polar surface area (TPSA) is 41.5 Å². The summed E-state index contributed by atoms with van der Waals surface area (Å²) in [5.41, 5.74) is 7.90. The molecule has 2 N–H and O–H groups in total. The van der Waals surface area contributed by atoms with Gasteiger partial charge in [0.15, 0.2) is 12.0 Å². The maximum Gasteiger partial charge on any atom is 0.196 e. The summed E-state index contributed by atoms with van der Waals surface area (Å²) in [6.45, 7) is 0. The Morgan fingerprint density at radius 3 is 2.18 bits per heavy atom. The molecule has 0 radical (unpaired) electrons. The summed E-state index contributed by atoms with van der Waals surface area (Å²) in [5.74, 6) is 0.910. The highest BCUT2D eigenvalue weighted by molar-refractivity contribution is 6.14. The number of nitrogens with zero attached hydrogens (tertiary/aromatic N) is 2. The molecule has 0 aliphatic carbocycles. The lowest BCUT2D eigenvalue weighted by molar-refractivity contribution is 0.263. The van der Waals surface area contributed by atoms with Crippen LogP contribution >= 0.6 is 0 Å². The lowest BCUT2D eigenvalue weighted by atomic mass is 10.1. The van der Waals surface area contributed by atoms with Crippen molar-refractivity contribution in [2.45, 2.75) is 12.4 Å².